The number of aryl methyl sites for hydroxylation is 1. The van der Waals surface area contributed by atoms with Crippen molar-refractivity contribution in [2.75, 3.05) is 6.61 Å². The summed E-state index contributed by atoms with van der Waals surface area (Å²) in [6.45, 7) is 5.29. The van der Waals surface area contributed by atoms with E-state index in [0.717, 1.165) is 19.4 Å². The molecule has 2 heterocycles. The molecule has 1 aromatic heterocycles. The topological polar surface area (TPSA) is 44.1 Å². The van der Waals surface area contributed by atoms with Crippen LogP contribution in [0, 0.1) is 0 Å². The number of Topliss-reactive ketones (excluding diaryl/α,β-unsaturated/α-hetero) is 1. The van der Waals surface area contributed by atoms with E-state index in [9.17, 15) is 4.79 Å². The minimum Gasteiger partial charge on any atom is -0.367 e. The van der Waals surface area contributed by atoms with E-state index < -0.39 is 5.60 Å². The third kappa shape index (κ3) is 1.69. The molecule has 1 aliphatic rings. The third-order valence-electron chi connectivity index (χ3n) is 2.96. The molecule has 1 aliphatic heterocycles. The van der Waals surface area contributed by atoms with E-state index in [4.69, 9.17) is 4.74 Å². The van der Waals surface area contributed by atoms with Crippen molar-refractivity contribution in [2.45, 2.75) is 38.8 Å². The number of hydrogen-bond acceptors (Lipinski definition) is 3. The van der Waals surface area contributed by atoms with Crippen molar-refractivity contribution in [1.82, 2.24) is 9.55 Å². The summed E-state index contributed by atoms with van der Waals surface area (Å²) in [5, 5.41) is 0. The van der Waals surface area contributed by atoms with Crippen LogP contribution >= 0.6 is 0 Å². The Morgan fingerprint density at radius 1 is 1.73 bits per heavy atom. The standard InChI is InChI=1S/C11H16N2O2/c1-3-13-7-6-12-10(13)9(14)11(2)5-4-8-15-11/h6-7H,3-5,8H2,1-2H3. The average Bonchev–Trinajstić information content (AvgIpc) is 2.85. The van der Waals surface area contributed by atoms with Crippen LogP contribution < -0.4 is 0 Å². The third-order valence-corrected chi connectivity index (χ3v) is 2.96. The molecule has 2 rings (SSSR count). The van der Waals surface area contributed by atoms with Crippen molar-refractivity contribution in [3.8, 4) is 0 Å². The first kappa shape index (κ1) is 10.4. The van der Waals surface area contributed by atoms with Crippen LogP contribution in [0.2, 0.25) is 0 Å². The molecule has 1 saturated heterocycles. The van der Waals surface area contributed by atoms with E-state index >= 15 is 0 Å². The summed E-state index contributed by atoms with van der Waals surface area (Å²) in [6, 6.07) is 0. The number of ketones is 1. The molecular weight excluding hydrogens is 192 g/mol. The molecule has 4 nitrogen and oxygen atoms in total. The zero-order valence-corrected chi connectivity index (χ0v) is 9.19. The smallest absolute Gasteiger partial charge is 0.229 e. The van der Waals surface area contributed by atoms with Gasteiger partial charge in [-0.25, -0.2) is 4.98 Å². The predicted octanol–water partition coefficient (Wildman–Crippen LogP) is 1.65. The van der Waals surface area contributed by atoms with E-state index in [-0.39, 0.29) is 5.78 Å². The van der Waals surface area contributed by atoms with Gasteiger partial charge >= 0.3 is 0 Å². The summed E-state index contributed by atoms with van der Waals surface area (Å²) in [5.74, 6) is 0.522. The van der Waals surface area contributed by atoms with Gasteiger partial charge in [-0.15, -0.1) is 0 Å². The van der Waals surface area contributed by atoms with Gasteiger partial charge in [0, 0.05) is 25.5 Å². The molecule has 15 heavy (non-hydrogen) atoms. The molecule has 0 radical (unpaired) electrons. The second kappa shape index (κ2) is 3.77. The van der Waals surface area contributed by atoms with E-state index in [1.807, 2.05) is 24.6 Å². The highest BCUT2D eigenvalue weighted by molar-refractivity contribution is 5.99. The minimum absolute atomic E-state index is 0.00634. The van der Waals surface area contributed by atoms with Crippen LogP contribution in [0.15, 0.2) is 12.4 Å². The zero-order chi connectivity index (χ0) is 10.9. The van der Waals surface area contributed by atoms with Gasteiger partial charge in [0.2, 0.25) is 5.78 Å². The summed E-state index contributed by atoms with van der Waals surface area (Å²) < 4.78 is 7.38. The van der Waals surface area contributed by atoms with Crippen LogP contribution in [0.25, 0.3) is 0 Å². The second-order valence-corrected chi connectivity index (χ2v) is 4.05. The maximum absolute atomic E-state index is 12.2. The van der Waals surface area contributed by atoms with Crippen LogP contribution in [0.1, 0.15) is 37.3 Å². The minimum atomic E-state index is -0.654. The Labute approximate surface area is 89.3 Å². The van der Waals surface area contributed by atoms with Crippen LogP contribution in [0.5, 0.6) is 0 Å². The molecule has 0 amide bonds. The van der Waals surface area contributed by atoms with E-state index in [2.05, 4.69) is 4.98 Å². The molecule has 1 unspecified atom stereocenters. The van der Waals surface area contributed by atoms with E-state index in [1.54, 1.807) is 6.20 Å². The number of carbonyl (C=O) groups excluding carboxylic acids is 1. The number of rotatable bonds is 3. The average molecular weight is 208 g/mol. The number of carbonyl (C=O) groups is 1. The first-order valence-corrected chi connectivity index (χ1v) is 5.37. The Balaban J connectivity index is 2.27. The molecule has 82 valence electrons. The summed E-state index contributed by atoms with van der Waals surface area (Å²) >= 11 is 0. The predicted molar refractivity (Wildman–Crippen MR) is 55.8 cm³/mol. The summed E-state index contributed by atoms with van der Waals surface area (Å²) in [5.41, 5.74) is -0.654. The number of imidazole rings is 1. The zero-order valence-electron chi connectivity index (χ0n) is 9.19. The van der Waals surface area contributed by atoms with Crippen molar-refractivity contribution in [3.05, 3.63) is 18.2 Å². The van der Waals surface area contributed by atoms with Crippen LogP contribution in [0.3, 0.4) is 0 Å². The number of hydrogen-bond donors (Lipinski definition) is 0. The molecule has 1 aromatic rings. The number of nitrogens with zero attached hydrogens (tertiary/aromatic N) is 2. The highest BCUT2D eigenvalue weighted by Gasteiger charge is 2.40. The highest BCUT2D eigenvalue weighted by Crippen LogP contribution is 2.28. The van der Waals surface area contributed by atoms with Crippen molar-refractivity contribution in [3.63, 3.8) is 0 Å². The normalized spacial score (nSPS) is 25.7. The molecule has 1 atom stereocenters. The second-order valence-electron chi connectivity index (χ2n) is 4.05. The largest absolute Gasteiger partial charge is 0.367 e. The molecule has 0 bridgehead atoms. The number of aromatic nitrogens is 2. The maximum atomic E-state index is 12.2. The molecule has 0 spiro atoms. The molecule has 4 heteroatoms. The van der Waals surface area contributed by atoms with Crippen molar-refractivity contribution >= 4 is 5.78 Å². The van der Waals surface area contributed by atoms with Gasteiger partial charge < -0.3 is 9.30 Å². The first-order chi connectivity index (χ1) is 7.17. The summed E-state index contributed by atoms with van der Waals surface area (Å²) in [7, 11) is 0. The van der Waals surface area contributed by atoms with Gasteiger partial charge in [-0.3, -0.25) is 4.79 Å². The lowest BCUT2D eigenvalue weighted by Crippen LogP contribution is -2.36. The van der Waals surface area contributed by atoms with Gasteiger partial charge in [-0.05, 0) is 26.7 Å². The lowest BCUT2D eigenvalue weighted by Gasteiger charge is -2.20. The molecular formula is C11H16N2O2. The van der Waals surface area contributed by atoms with Crippen LogP contribution in [-0.4, -0.2) is 27.5 Å². The monoisotopic (exact) mass is 208 g/mol. The van der Waals surface area contributed by atoms with Gasteiger partial charge in [-0.1, -0.05) is 0 Å². The Bertz CT molecular complexity index is 364. The Morgan fingerprint density at radius 3 is 3.13 bits per heavy atom. The highest BCUT2D eigenvalue weighted by atomic mass is 16.5. The van der Waals surface area contributed by atoms with Crippen molar-refractivity contribution in [1.29, 1.82) is 0 Å². The van der Waals surface area contributed by atoms with Crippen LogP contribution in [-0.2, 0) is 11.3 Å². The molecule has 0 aromatic carbocycles. The summed E-state index contributed by atoms with van der Waals surface area (Å²) in [4.78, 5) is 16.3. The Hall–Kier alpha value is -1.16. The van der Waals surface area contributed by atoms with Gasteiger partial charge in [0.25, 0.3) is 0 Å². The fourth-order valence-corrected chi connectivity index (χ4v) is 1.97. The molecule has 1 fully saturated rings. The molecule has 0 aliphatic carbocycles. The van der Waals surface area contributed by atoms with Gasteiger partial charge in [0.05, 0.1) is 0 Å². The van der Waals surface area contributed by atoms with E-state index in [1.165, 1.54) is 0 Å². The first-order valence-electron chi connectivity index (χ1n) is 5.37. The van der Waals surface area contributed by atoms with Gasteiger partial charge in [0.15, 0.2) is 5.82 Å². The molecule has 0 saturated carbocycles. The fraction of sp³-hybridized carbons (Fsp3) is 0.636. The van der Waals surface area contributed by atoms with Crippen LogP contribution in [0.4, 0.5) is 0 Å². The summed E-state index contributed by atoms with van der Waals surface area (Å²) in [6.07, 6.45) is 5.23. The SMILES string of the molecule is CCn1ccnc1C(=O)C1(C)CCCO1. The van der Waals surface area contributed by atoms with Gasteiger partial charge in [0.1, 0.15) is 5.60 Å². The fourth-order valence-electron chi connectivity index (χ4n) is 1.97. The molecule has 0 N–H and O–H groups in total. The van der Waals surface area contributed by atoms with Crippen molar-refractivity contribution < 1.29 is 9.53 Å². The number of ether oxygens (including phenoxy) is 1. The lowest BCUT2D eigenvalue weighted by atomic mass is 9.96. The van der Waals surface area contributed by atoms with Crippen molar-refractivity contribution in [2.24, 2.45) is 0 Å². The Morgan fingerprint density at radius 2 is 2.53 bits per heavy atom. The van der Waals surface area contributed by atoms with E-state index in [0.29, 0.717) is 12.4 Å². The lowest BCUT2D eigenvalue weighted by molar-refractivity contribution is 0.0200. The van der Waals surface area contributed by atoms with Gasteiger partial charge in [-0.2, -0.15) is 0 Å². The maximum Gasteiger partial charge on any atom is 0.229 e. The quantitative estimate of drug-likeness (QED) is 0.709. The Kier molecular flexibility index (Phi) is 2.61.